The van der Waals surface area contributed by atoms with Crippen molar-refractivity contribution >= 4 is 5.91 Å². The molecule has 0 radical (unpaired) electrons. The van der Waals surface area contributed by atoms with Crippen LogP contribution in [0.15, 0.2) is 0 Å². The number of rotatable bonds is 2. The minimum atomic E-state index is -0.990. The molecule has 3 aliphatic rings. The Bertz CT molecular complexity index is 400. The molecule has 0 aromatic rings. The molecule has 6 heteroatoms. The molecule has 3 fully saturated rings. The summed E-state index contributed by atoms with van der Waals surface area (Å²) in [7, 11) is 0. The van der Waals surface area contributed by atoms with Crippen LogP contribution in [0.5, 0.6) is 0 Å². The van der Waals surface area contributed by atoms with Crippen LogP contribution in [0.1, 0.15) is 33.1 Å². The molecule has 0 aromatic heterocycles. The first kappa shape index (κ1) is 15.2. The molecule has 3 saturated heterocycles. The van der Waals surface area contributed by atoms with E-state index < -0.39 is 5.60 Å². The van der Waals surface area contributed by atoms with E-state index in [2.05, 4.69) is 10.2 Å². The van der Waals surface area contributed by atoms with E-state index in [-0.39, 0.29) is 24.2 Å². The second kappa shape index (κ2) is 5.50. The van der Waals surface area contributed by atoms with E-state index in [1.54, 1.807) is 6.92 Å². The van der Waals surface area contributed by atoms with E-state index in [9.17, 15) is 9.90 Å². The third kappa shape index (κ3) is 3.08. The zero-order valence-electron chi connectivity index (χ0n) is 12.9. The van der Waals surface area contributed by atoms with Gasteiger partial charge in [-0.1, -0.05) is 0 Å². The van der Waals surface area contributed by atoms with Gasteiger partial charge in [0.15, 0.2) is 0 Å². The molecular formula is C15H26N2O4. The number of piperidine rings is 1. The van der Waals surface area contributed by atoms with Gasteiger partial charge in [0, 0.05) is 20.0 Å². The van der Waals surface area contributed by atoms with Gasteiger partial charge in [0.05, 0.1) is 37.5 Å². The zero-order chi connectivity index (χ0) is 15.1. The fourth-order valence-electron chi connectivity index (χ4n) is 3.58. The van der Waals surface area contributed by atoms with Crippen LogP contribution in [0, 0.1) is 0 Å². The Morgan fingerprint density at radius 3 is 2.52 bits per heavy atom. The molecule has 120 valence electrons. The molecule has 3 aliphatic heterocycles. The largest absolute Gasteiger partial charge is 0.386 e. The highest BCUT2D eigenvalue weighted by Crippen LogP contribution is 2.39. The maximum atomic E-state index is 11.4. The van der Waals surface area contributed by atoms with Crippen molar-refractivity contribution in [3.63, 3.8) is 0 Å². The molecule has 3 rings (SSSR count). The third-order valence-electron chi connectivity index (χ3n) is 5.22. The quantitative estimate of drug-likeness (QED) is 0.745. The number of carbonyl (C=O) groups is 1. The highest BCUT2D eigenvalue weighted by atomic mass is 16.5. The van der Waals surface area contributed by atoms with Crippen molar-refractivity contribution in [2.75, 3.05) is 32.9 Å². The highest BCUT2D eigenvalue weighted by molar-refractivity contribution is 5.73. The molecule has 2 atom stereocenters. The lowest BCUT2D eigenvalue weighted by atomic mass is 9.77. The van der Waals surface area contributed by atoms with Crippen LogP contribution >= 0.6 is 0 Å². The lowest BCUT2D eigenvalue weighted by Crippen LogP contribution is -2.64. The summed E-state index contributed by atoms with van der Waals surface area (Å²) < 4.78 is 11.3. The number of nitrogens with zero attached hydrogens (tertiary/aromatic N) is 1. The van der Waals surface area contributed by atoms with Gasteiger partial charge >= 0.3 is 0 Å². The summed E-state index contributed by atoms with van der Waals surface area (Å²) in [5, 5.41) is 13.3. The molecule has 21 heavy (non-hydrogen) atoms. The summed E-state index contributed by atoms with van der Waals surface area (Å²) in [5.41, 5.74) is -1.19. The predicted octanol–water partition coefficient (Wildman–Crippen LogP) is -0.104. The maximum absolute atomic E-state index is 11.4. The average Bonchev–Trinajstić information content (AvgIpc) is 2.35. The normalized spacial score (nSPS) is 37.2. The van der Waals surface area contributed by atoms with Crippen LogP contribution in [0.2, 0.25) is 0 Å². The van der Waals surface area contributed by atoms with E-state index in [0.717, 1.165) is 39.1 Å². The molecule has 2 N–H and O–H groups in total. The summed E-state index contributed by atoms with van der Waals surface area (Å²) in [6.45, 7) is 7.21. The van der Waals surface area contributed by atoms with Gasteiger partial charge in [-0.2, -0.15) is 0 Å². The number of nitrogens with one attached hydrogen (secondary N) is 1. The molecule has 0 unspecified atom stereocenters. The highest BCUT2D eigenvalue weighted by Gasteiger charge is 2.49. The Morgan fingerprint density at radius 2 is 2.00 bits per heavy atom. The molecule has 1 spiro atoms. The Kier molecular flexibility index (Phi) is 3.98. The summed E-state index contributed by atoms with van der Waals surface area (Å²) in [6.07, 6.45) is 2.60. The van der Waals surface area contributed by atoms with E-state index in [1.165, 1.54) is 6.92 Å². The van der Waals surface area contributed by atoms with Gasteiger partial charge in [0.2, 0.25) is 5.91 Å². The number of amides is 1. The van der Waals surface area contributed by atoms with Gasteiger partial charge in [-0.25, -0.2) is 0 Å². The Hall–Kier alpha value is -0.690. The summed E-state index contributed by atoms with van der Waals surface area (Å²) in [6, 6.07) is 0.336. The molecule has 1 amide bonds. The lowest BCUT2D eigenvalue weighted by Gasteiger charge is -2.52. The number of carbonyl (C=O) groups excluding carboxylic acids is 1. The standard InChI is InChI=1S/C15H26N2O4/c1-11(18)16-13-7-15(21-10-14(13,2)19)3-5-17(6-4-15)12-8-20-9-12/h12-13,19H,3-10H2,1-2H3,(H,16,18)/t13-,14-/m0/s1. The minimum absolute atomic E-state index is 0.0959. The minimum Gasteiger partial charge on any atom is -0.386 e. The number of aliphatic hydroxyl groups is 1. The summed E-state index contributed by atoms with van der Waals surface area (Å²) in [4.78, 5) is 13.8. The molecule has 6 nitrogen and oxygen atoms in total. The van der Waals surface area contributed by atoms with Crippen LogP contribution in [0.3, 0.4) is 0 Å². The monoisotopic (exact) mass is 298 g/mol. The maximum Gasteiger partial charge on any atom is 0.217 e. The van der Waals surface area contributed by atoms with Gasteiger partial charge in [-0.05, 0) is 26.2 Å². The van der Waals surface area contributed by atoms with Crippen molar-refractivity contribution in [3.8, 4) is 0 Å². The van der Waals surface area contributed by atoms with Gasteiger partial charge in [-0.15, -0.1) is 0 Å². The fourth-order valence-corrected chi connectivity index (χ4v) is 3.58. The van der Waals surface area contributed by atoms with Gasteiger partial charge in [-0.3, -0.25) is 9.69 Å². The Morgan fingerprint density at radius 1 is 1.33 bits per heavy atom. The predicted molar refractivity (Wildman–Crippen MR) is 76.9 cm³/mol. The summed E-state index contributed by atoms with van der Waals surface area (Å²) >= 11 is 0. The second-order valence-corrected chi connectivity index (χ2v) is 7.01. The molecule has 0 bridgehead atoms. The van der Waals surface area contributed by atoms with Gasteiger partial charge < -0.3 is 19.9 Å². The Labute approximate surface area is 125 Å². The number of hydrogen-bond acceptors (Lipinski definition) is 5. The van der Waals surface area contributed by atoms with Crippen LogP contribution in [0.25, 0.3) is 0 Å². The number of likely N-dealkylation sites (tertiary alicyclic amines) is 1. The van der Waals surface area contributed by atoms with Crippen molar-refractivity contribution in [1.82, 2.24) is 10.2 Å². The summed E-state index contributed by atoms with van der Waals surface area (Å²) in [5.74, 6) is -0.0959. The van der Waals surface area contributed by atoms with Crippen LogP contribution < -0.4 is 5.32 Å². The van der Waals surface area contributed by atoms with Gasteiger partial charge in [0.1, 0.15) is 5.60 Å². The third-order valence-corrected chi connectivity index (χ3v) is 5.22. The number of hydrogen-bond donors (Lipinski definition) is 2. The van der Waals surface area contributed by atoms with Crippen LogP contribution in [-0.4, -0.2) is 72.1 Å². The van der Waals surface area contributed by atoms with Crippen molar-refractivity contribution in [3.05, 3.63) is 0 Å². The molecular weight excluding hydrogens is 272 g/mol. The number of ether oxygens (including phenoxy) is 2. The SMILES string of the molecule is CC(=O)N[C@H]1CC2(CCN(C3COC3)CC2)OC[C@]1(C)O. The van der Waals surface area contributed by atoms with E-state index in [4.69, 9.17) is 9.47 Å². The van der Waals surface area contributed by atoms with Crippen molar-refractivity contribution in [2.45, 2.75) is 56.4 Å². The van der Waals surface area contributed by atoms with Gasteiger partial charge in [0.25, 0.3) is 0 Å². The van der Waals surface area contributed by atoms with Crippen molar-refractivity contribution in [1.29, 1.82) is 0 Å². The fraction of sp³-hybridized carbons (Fsp3) is 0.933. The Balaban J connectivity index is 1.62. The van der Waals surface area contributed by atoms with E-state index in [0.29, 0.717) is 12.5 Å². The molecule has 0 saturated carbocycles. The van der Waals surface area contributed by atoms with E-state index >= 15 is 0 Å². The lowest BCUT2D eigenvalue weighted by molar-refractivity contribution is -0.199. The average molecular weight is 298 g/mol. The molecule has 3 heterocycles. The van der Waals surface area contributed by atoms with Crippen molar-refractivity contribution < 1.29 is 19.4 Å². The first-order valence-electron chi connectivity index (χ1n) is 7.85. The first-order chi connectivity index (χ1) is 9.90. The van der Waals surface area contributed by atoms with Crippen LogP contribution in [-0.2, 0) is 14.3 Å². The van der Waals surface area contributed by atoms with Crippen LogP contribution in [0.4, 0.5) is 0 Å². The zero-order valence-corrected chi connectivity index (χ0v) is 12.9. The smallest absolute Gasteiger partial charge is 0.217 e. The van der Waals surface area contributed by atoms with Crippen molar-refractivity contribution in [2.24, 2.45) is 0 Å². The second-order valence-electron chi connectivity index (χ2n) is 7.01. The first-order valence-corrected chi connectivity index (χ1v) is 7.85. The van der Waals surface area contributed by atoms with E-state index in [1.807, 2.05) is 0 Å². The molecule has 0 aromatic carbocycles. The topological polar surface area (TPSA) is 71.0 Å². The molecule has 0 aliphatic carbocycles.